The second-order valence-electron chi connectivity index (χ2n) is 7.93. The third kappa shape index (κ3) is 2.53. The van der Waals surface area contributed by atoms with E-state index in [-0.39, 0.29) is 11.1 Å². The fourth-order valence-corrected chi connectivity index (χ4v) is 5.91. The number of hydrogen-bond acceptors (Lipinski definition) is 8. The standard InChI is InChI=1S/C22H19NO8/c24-17(25)13-15(19(28)29)22(12-9-5-2-6-10-12)16(20(30)31)14(18(26)27)21(13,23-22)11-7-3-1-4-8-11/h1-10,13-16,23H,(H,24,25)(H,26,27)(H,28,29)(H,30,31)/p-3/t13-,14+,15-,16+,21?,22?. The van der Waals surface area contributed by atoms with Crippen molar-refractivity contribution in [3.63, 3.8) is 0 Å². The van der Waals surface area contributed by atoms with Gasteiger partial charge < -0.3 is 44.9 Å². The number of quaternary nitrogens is 1. The molecule has 2 bridgehead atoms. The second kappa shape index (κ2) is 6.92. The molecule has 31 heavy (non-hydrogen) atoms. The molecule has 9 heteroatoms. The van der Waals surface area contributed by atoms with Gasteiger partial charge in [-0.15, -0.1) is 0 Å². The molecular weight excluding hydrogens is 406 g/mol. The summed E-state index contributed by atoms with van der Waals surface area (Å²) in [7, 11) is 0. The van der Waals surface area contributed by atoms with E-state index in [2.05, 4.69) is 0 Å². The Morgan fingerprint density at radius 1 is 0.548 bits per heavy atom. The van der Waals surface area contributed by atoms with Crippen LogP contribution in [0.15, 0.2) is 60.7 Å². The summed E-state index contributed by atoms with van der Waals surface area (Å²) in [5.41, 5.74) is -3.81. The van der Waals surface area contributed by atoms with Gasteiger partial charge in [-0.2, -0.15) is 0 Å². The number of fused-ring (bicyclic) bond motifs is 2. The largest absolute Gasteiger partial charge is 0.550 e. The molecule has 2 unspecified atom stereocenters. The molecule has 2 aliphatic rings. The molecule has 2 fully saturated rings. The summed E-state index contributed by atoms with van der Waals surface area (Å²) in [5, 5.41) is 50.4. The minimum atomic E-state index is -2.04. The van der Waals surface area contributed by atoms with E-state index in [4.69, 9.17) is 0 Å². The molecule has 0 saturated carbocycles. The molecule has 0 spiro atoms. The fourth-order valence-electron chi connectivity index (χ4n) is 5.91. The average Bonchev–Trinajstić information content (AvgIpc) is 3.24. The number of benzene rings is 2. The van der Waals surface area contributed by atoms with Gasteiger partial charge in [-0.25, -0.2) is 0 Å². The van der Waals surface area contributed by atoms with Crippen molar-refractivity contribution in [1.82, 2.24) is 0 Å². The quantitative estimate of drug-likeness (QED) is 0.480. The molecule has 0 aliphatic carbocycles. The molecule has 0 amide bonds. The molecule has 2 aliphatic heterocycles. The van der Waals surface area contributed by atoms with Crippen LogP contribution in [-0.2, 0) is 30.3 Å². The van der Waals surface area contributed by atoms with Crippen molar-refractivity contribution in [3.05, 3.63) is 71.8 Å². The van der Waals surface area contributed by atoms with Gasteiger partial charge in [0, 0.05) is 11.1 Å². The fraction of sp³-hybridized carbons (Fsp3) is 0.273. The van der Waals surface area contributed by atoms with Gasteiger partial charge in [0.2, 0.25) is 0 Å². The Labute approximate surface area is 175 Å². The summed E-state index contributed by atoms with van der Waals surface area (Å²) in [4.78, 5) is 49.2. The first-order chi connectivity index (χ1) is 14.7. The molecule has 0 radical (unpaired) electrons. The number of rotatable bonds is 6. The highest BCUT2D eigenvalue weighted by atomic mass is 16.4. The van der Waals surface area contributed by atoms with Gasteiger partial charge in [-0.1, -0.05) is 60.7 Å². The van der Waals surface area contributed by atoms with E-state index in [0.717, 1.165) is 0 Å². The van der Waals surface area contributed by atoms with Crippen molar-refractivity contribution in [1.29, 1.82) is 0 Å². The Morgan fingerprint density at radius 3 is 1.03 bits per heavy atom. The normalized spacial score (nSPS) is 33.7. The van der Waals surface area contributed by atoms with Crippen molar-refractivity contribution in [2.24, 2.45) is 23.7 Å². The van der Waals surface area contributed by atoms with Crippen molar-refractivity contribution >= 4 is 23.9 Å². The first-order valence-electron chi connectivity index (χ1n) is 9.51. The van der Waals surface area contributed by atoms with Gasteiger partial charge in [-0.3, -0.25) is 0 Å². The number of hydrogen-bond donors (Lipinski definition) is 1. The Morgan fingerprint density at radius 2 is 0.806 bits per heavy atom. The van der Waals surface area contributed by atoms with Gasteiger partial charge in [0.25, 0.3) is 0 Å². The Hall–Kier alpha value is -3.72. The predicted octanol–water partition coefficient (Wildman–Crippen LogP) is -5.17. The minimum absolute atomic E-state index is 0.131. The van der Waals surface area contributed by atoms with E-state index >= 15 is 0 Å². The Balaban J connectivity index is 2.16. The molecule has 2 saturated heterocycles. The van der Waals surface area contributed by atoms with E-state index in [1.165, 1.54) is 53.8 Å². The zero-order chi connectivity index (χ0) is 22.6. The van der Waals surface area contributed by atoms with E-state index in [0.29, 0.717) is 0 Å². The predicted molar refractivity (Wildman–Crippen MR) is 92.2 cm³/mol. The number of aliphatic carboxylic acids is 4. The van der Waals surface area contributed by atoms with Crippen LogP contribution < -0.4 is 25.7 Å². The molecular formula is C22H16NO8-3. The van der Waals surface area contributed by atoms with E-state index in [1.807, 2.05) is 0 Å². The van der Waals surface area contributed by atoms with Gasteiger partial charge >= 0.3 is 0 Å². The lowest BCUT2D eigenvalue weighted by Crippen LogP contribution is -2.98. The molecule has 0 aromatic heterocycles. The second-order valence-corrected chi connectivity index (χ2v) is 7.93. The lowest BCUT2D eigenvalue weighted by atomic mass is 9.54. The number of carboxylic acids is 4. The van der Waals surface area contributed by atoms with Gasteiger partial charge in [0.05, 0.1) is 47.5 Å². The van der Waals surface area contributed by atoms with Crippen LogP contribution in [0.2, 0.25) is 0 Å². The number of nitrogens with two attached hydrogens (primary N) is 1. The van der Waals surface area contributed by atoms with Crippen LogP contribution in [0, 0.1) is 23.7 Å². The lowest BCUT2D eigenvalue weighted by Gasteiger charge is -2.47. The molecule has 2 heterocycles. The van der Waals surface area contributed by atoms with Crippen LogP contribution in [0.1, 0.15) is 11.1 Å². The molecule has 2 aromatic carbocycles. The maximum absolute atomic E-state index is 12.3. The summed E-state index contributed by atoms with van der Waals surface area (Å²) in [6.07, 6.45) is 0. The third-order valence-electron chi connectivity index (χ3n) is 6.77. The van der Waals surface area contributed by atoms with Crippen molar-refractivity contribution in [2.45, 2.75) is 11.1 Å². The molecule has 2 aromatic rings. The molecule has 2 N–H and O–H groups in total. The van der Waals surface area contributed by atoms with Crippen molar-refractivity contribution < 1.29 is 44.9 Å². The van der Waals surface area contributed by atoms with Crippen molar-refractivity contribution in [2.75, 3.05) is 0 Å². The first kappa shape index (κ1) is 20.5. The smallest absolute Gasteiger partial charge is 0.140 e. The first-order valence-corrected chi connectivity index (χ1v) is 9.51. The zero-order valence-corrected chi connectivity index (χ0v) is 15.9. The lowest BCUT2D eigenvalue weighted by molar-refractivity contribution is -0.772. The average molecular weight is 422 g/mol. The SMILES string of the molecule is O=C([O-])[C@@H]1[C@@H](C(=O)[O-])C2(c3ccccc3)[NH2+]C1(c1ccccc1)[C@@H](C(=O)[O-])[C@@H]2C(=O)[O-]. The molecule has 9 nitrogen and oxygen atoms in total. The summed E-state index contributed by atoms with van der Waals surface area (Å²) >= 11 is 0. The van der Waals surface area contributed by atoms with Gasteiger partial charge in [0.1, 0.15) is 11.1 Å². The van der Waals surface area contributed by atoms with Crippen LogP contribution in [0.3, 0.4) is 0 Å². The van der Waals surface area contributed by atoms with Gasteiger partial charge in [-0.05, 0) is 0 Å². The Kier molecular flexibility index (Phi) is 4.58. The monoisotopic (exact) mass is 422 g/mol. The topological polar surface area (TPSA) is 177 Å². The summed E-state index contributed by atoms with van der Waals surface area (Å²) < 4.78 is 0. The van der Waals surface area contributed by atoms with E-state index in [1.54, 1.807) is 12.1 Å². The highest BCUT2D eigenvalue weighted by molar-refractivity contribution is 5.89. The van der Waals surface area contributed by atoms with E-state index in [9.17, 15) is 39.6 Å². The number of carboxylic acid groups (broad SMARTS) is 4. The van der Waals surface area contributed by atoms with Crippen LogP contribution in [-0.4, -0.2) is 23.9 Å². The number of carbonyl (C=O) groups is 4. The minimum Gasteiger partial charge on any atom is -0.550 e. The van der Waals surface area contributed by atoms with Crippen LogP contribution in [0.25, 0.3) is 0 Å². The highest BCUT2D eigenvalue weighted by Gasteiger charge is 2.80. The van der Waals surface area contributed by atoms with E-state index < -0.39 is 58.6 Å². The Bertz CT molecular complexity index is 942. The van der Waals surface area contributed by atoms with Crippen molar-refractivity contribution in [3.8, 4) is 0 Å². The summed E-state index contributed by atoms with van der Waals surface area (Å²) in [6, 6.07) is 15.0. The molecule has 4 rings (SSSR count). The van der Waals surface area contributed by atoms with Crippen LogP contribution in [0.4, 0.5) is 0 Å². The maximum atomic E-state index is 12.3. The van der Waals surface area contributed by atoms with Gasteiger partial charge in [0.15, 0.2) is 0 Å². The summed E-state index contributed by atoms with van der Waals surface area (Å²) in [6.45, 7) is 0. The zero-order valence-electron chi connectivity index (χ0n) is 15.9. The molecule has 6 atom stereocenters. The highest BCUT2D eigenvalue weighted by Crippen LogP contribution is 2.60. The summed E-state index contributed by atoms with van der Waals surface area (Å²) in [5.74, 6) is -15.0. The third-order valence-corrected chi connectivity index (χ3v) is 6.77. The van der Waals surface area contributed by atoms with Crippen LogP contribution >= 0.6 is 0 Å². The van der Waals surface area contributed by atoms with Crippen LogP contribution in [0.5, 0.6) is 0 Å². The number of carbonyl (C=O) groups excluding carboxylic acids is 4. The maximum Gasteiger partial charge on any atom is 0.140 e. The molecule has 160 valence electrons.